The molecule has 1 heterocycles. The van der Waals surface area contributed by atoms with Gasteiger partial charge in [-0.15, -0.1) is 11.3 Å². The van der Waals surface area contributed by atoms with Gasteiger partial charge in [0.05, 0.1) is 16.6 Å². The second-order valence-corrected chi connectivity index (χ2v) is 5.90. The van der Waals surface area contributed by atoms with E-state index in [2.05, 4.69) is 10.3 Å². The summed E-state index contributed by atoms with van der Waals surface area (Å²) in [7, 11) is 0. The molecule has 22 heavy (non-hydrogen) atoms. The number of hydrogen-bond donors (Lipinski definition) is 2. The maximum absolute atomic E-state index is 13.3. The number of nitrogens with one attached hydrogen (secondary N) is 1. The molecule has 0 saturated heterocycles. The summed E-state index contributed by atoms with van der Waals surface area (Å²) in [5.74, 6) is -0.860. The number of fused-ring (bicyclic) bond motifs is 1. The van der Waals surface area contributed by atoms with Crippen LogP contribution in [0.25, 0.3) is 10.2 Å². The maximum atomic E-state index is 13.3. The van der Waals surface area contributed by atoms with Gasteiger partial charge in [-0.3, -0.25) is 4.79 Å². The van der Waals surface area contributed by atoms with Crippen molar-refractivity contribution < 1.29 is 23.1 Å². The first kappa shape index (κ1) is 16.7. The summed E-state index contributed by atoms with van der Waals surface area (Å²) in [5.41, 5.74) is -2.92. The Morgan fingerprint density at radius 3 is 2.64 bits per heavy atom. The Balaban J connectivity index is 2.38. The van der Waals surface area contributed by atoms with Gasteiger partial charge in [-0.25, -0.2) is 4.98 Å². The number of rotatable bonds is 5. The molecule has 0 bridgehead atoms. The Morgan fingerprint density at radius 1 is 1.36 bits per heavy atom. The van der Waals surface area contributed by atoms with E-state index in [0.717, 1.165) is 11.3 Å². The number of aromatic nitrogens is 1. The first-order valence-corrected chi connectivity index (χ1v) is 7.51. The molecule has 2 rings (SSSR count). The van der Waals surface area contributed by atoms with Crippen molar-refractivity contribution in [1.29, 1.82) is 0 Å². The number of para-hydroxylation sites is 1. The molecule has 2 N–H and O–H groups in total. The number of benzene rings is 1. The second-order valence-electron chi connectivity index (χ2n) is 4.87. The zero-order valence-electron chi connectivity index (χ0n) is 11.8. The van der Waals surface area contributed by atoms with E-state index in [1.165, 1.54) is 0 Å². The highest BCUT2D eigenvalue weighted by atomic mass is 32.1. The van der Waals surface area contributed by atoms with Crippen LogP contribution in [0.4, 0.5) is 13.2 Å². The molecule has 1 unspecified atom stereocenters. The van der Waals surface area contributed by atoms with Crippen molar-refractivity contribution in [3.05, 3.63) is 29.3 Å². The molecule has 8 heteroatoms. The average molecular weight is 332 g/mol. The molecule has 0 aliphatic rings. The van der Waals surface area contributed by atoms with Crippen LogP contribution >= 0.6 is 11.3 Å². The van der Waals surface area contributed by atoms with Crippen LogP contribution in [0.1, 0.15) is 24.8 Å². The van der Waals surface area contributed by atoms with Gasteiger partial charge in [0, 0.05) is 6.54 Å². The highest BCUT2D eigenvalue weighted by Crippen LogP contribution is 2.44. The topological polar surface area (TPSA) is 62.2 Å². The van der Waals surface area contributed by atoms with Crippen LogP contribution in [-0.4, -0.2) is 28.7 Å². The van der Waals surface area contributed by atoms with E-state index in [1.807, 2.05) is 0 Å². The van der Waals surface area contributed by atoms with Gasteiger partial charge in [0.25, 0.3) is 0 Å². The summed E-state index contributed by atoms with van der Waals surface area (Å²) in [4.78, 5) is 15.5. The Labute approximate surface area is 129 Å². The third-order valence-corrected chi connectivity index (χ3v) is 4.29. The minimum atomic E-state index is -5.00. The first-order valence-electron chi connectivity index (χ1n) is 6.70. The van der Waals surface area contributed by atoms with E-state index in [4.69, 9.17) is 0 Å². The van der Waals surface area contributed by atoms with Crippen molar-refractivity contribution in [2.75, 3.05) is 6.54 Å². The number of aliphatic hydroxyl groups is 1. The lowest BCUT2D eigenvalue weighted by atomic mass is 9.99. The minimum absolute atomic E-state index is 0.257. The molecule has 0 radical (unpaired) electrons. The van der Waals surface area contributed by atoms with Crippen LogP contribution in [0.5, 0.6) is 0 Å². The van der Waals surface area contributed by atoms with E-state index < -0.39 is 29.1 Å². The molecule has 4 nitrogen and oxygen atoms in total. The van der Waals surface area contributed by atoms with Gasteiger partial charge >= 0.3 is 6.18 Å². The molecular formula is C14H15F3N2O2S. The van der Waals surface area contributed by atoms with Gasteiger partial charge in [0.1, 0.15) is 5.01 Å². The molecule has 0 aliphatic heterocycles. The van der Waals surface area contributed by atoms with Gasteiger partial charge in [0.2, 0.25) is 11.5 Å². The zero-order valence-corrected chi connectivity index (χ0v) is 12.6. The minimum Gasteiger partial charge on any atom is -0.374 e. The van der Waals surface area contributed by atoms with Crippen LogP contribution in [0.15, 0.2) is 24.3 Å². The fraction of sp³-hybridized carbons (Fsp3) is 0.429. The number of thiazole rings is 1. The summed E-state index contributed by atoms with van der Waals surface area (Å²) in [5, 5.41) is 12.0. The van der Waals surface area contributed by atoms with Crippen molar-refractivity contribution >= 4 is 27.5 Å². The predicted octanol–water partition coefficient (Wildman–Crippen LogP) is 2.96. The lowest BCUT2D eigenvalue weighted by Gasteiger charge is -2.27. The van der Waals surface area contributed by atoms with Crippen LogP contribution in [0.3, 0.4) is 0 Å². The van der Waals surface area contributed by atoms with Crippen molar-refractivity contribution in [1.82, 2.24) is 10.3 Å². The molecule has 0 aliphatic carbocycles. The third-order valence-electron chi connectivity index (χ3n) is 3.11. The van der Waals surface area contributed by atoms with E-state index in [-0.39, 0.29) is 6.54 Å². The molecule has 0 spiro atoms. The standard InChI is InChI=1S/C14H15F3N2O2S/c1-2-7-18-11(20)8-13(21,14(15,16)17)12-19-9-5-3-4-6-10(9)22-12/h3-6,21H,2,7-8H2,1H3,(H,18,20). The van der Waals surface area contributed by atoms with Crippen molar-refractivity contribution in [2.45, 2.75) is 31.5 Å². The number of hydrogen-bond acceptors (Lipinski definition) is 4. The molecule has 1 amide bonds. The normalized spacial score (nSPS) is 14.8. The Morgan fingerprint density at radius 2 is 2.05 bits per heavy atom. The second kappa shape index (κ2) is 6.21. The van der Waals surface area contributed by atoms with E-state index in [9.17, 15) is 23.1 Å². The number of alkyl halides is 3. The number of amides is 1. The molecular weight excluding hydrogens is 317 g/mol. The number of carbonyl (C=O) groups is 1. The lowest BCUT2D eigenvalue weighted by Crippen LogP contribution is -2.46. The van der Waals surface area contributed by atoms with Crippen LogP contribution in [0.2, 0.25) is 0 Å². The van der Waals surface area contributed by atoms with Gasteiger partial charge in [-0.2, -0.15) is 13.2 Å². The summed E-state index contributed by atoms with van der Waals surface area (Å²) in [6.07, 6.45) is -5.50. The van der Waals surface area contributed by atoms with Crippen molar-refractivity contribution in [3.8, 4) is 0 Å². The van der Waals surface area contributed by atoms with Crippen LogP contribution in [-0.2, 0) is 10.4 Å². The maximum Gasteiger partial charge on any atom is 0.424 e. The number of nitrogens with zero attached hydrogens (tertiary/aromatic N) is 1. The first-order chi connectivity index (χ1) is 10.3. The van der Waals surface area contributed by atoms with Crippen molar-refractivity contribution in [2.24, 2.45) is 0 Å². The summed E-state index contributed by atoms with van der Waals surface area (Å²) in [6.45, 7) is 2.04. The summed E-state index contributed by atoms with van der Waals surface area (Å²) >= 11 is 0.736. The van der Waals surface area contributed by atoms with Crippen LogP contribution < -0.4 is 5.32 Å². The molecule has 1 atom stereocenters. The number of carbonyl (C=O) groups excluding carboxylic acids is 1. The van der Waals surface area contributed by atoms with Gasteiger partial charge in [0.15, 0.2) is 0 Å². The van der Waals surface area contributed by atoms with E-state index >= 15 is 0 Å². The zero-order chi connectivity index (χ0) is 16.4. The quantitative estimate of drug-likeness (QED) is 0.885. The van der Waals surface area contributed by atoms with E-state index in [0.29, 0.717) is 16.6 Å². The van der Waals surface area contributed by atoms with Gasteiger partial charge in [-0.1, -0.05) is 19.1 Å². The highest BCUT2D eigenvalue weighted by molar-refractivity contribution is 7.18. The largest absolute Gasteiger partial charge is 0.424 e. The number of halogens is 3. The smallest absolute Gasteiger partial charge is 0.374 e. The SMILES string of the molecule is CCCNC(=O)CC(O)(c1nc2ccccc2s1)C(F)(F)F. The Kier molecular flexibility index (Phi) is 4.72. The average Bonchev–Trinajstić information content (AvgIpc) is 2.88. The molecule has 0 saturated carbocycles. The fourth-order valence-corrected chi connectivity index (χ4v) is 2.98. The lowest BCUT2D eigenvalue weighted by molar-refractivity contribution is -0.267. The monoisotopic (exact) mass is 332 g/mol. The van der Waals surface area contributed by atoms with E-state index in [1.54, 1.807) is 31.2 Å². The predicted molar refractivity (Wildman–Crippen MR) is 77.5 cm³/mol. The highest BCUT2D eigenvalue weighted by Gasteiger charge is 2.58. The summed E-state index contributed by atoms with van der Waals surface area (Å²) in [6, 6.07) is 6.49. The molecule has 1 aromatic heterocycles. The molecule has 2 aromatic rings. The molecule has 120 valence electrons. The van der Waals surface area contributed by atoms with Crippen molar-refractivity contribution in [3.63, 3.8) is 0 Å². The Bertz CT molecular complexity index is 638. The van der Waals surface area contributed by atoms with Gasteiger partial charge < -0.3 is 10.4 Å². The third kappa shape index (κ3) is 3.22. The van der Waals surface area contributed by atoms with Crippen LogP contribution in [0, 0.1) is 0 Å². The fourth-order valence-electron chi connectivity index (χ4n) is 1.91. The molecule has 0 fully saturated rings. The van der Waals surface area contributed by atoms with Gasteiger partial charge in [-0.05, 0) is 18.6 Å². The Hall–Kier alpha value is -1.67. The molecule has 1 aromatic carbocycles. The summed E-state index contributed by atoms with van der Waals surface area (Å²) < 4.78 is 40.5.